The Morgan fingerprint density at radius 1 is 1.14 bits per heavy atom. The van der Waals surface area contributed by atoms with Crippen molar-refractivity contribution >= 4 is 0 Å². The number of rotatable bonds is 2. The molecule has 0 bridgehead atoms. The Hall–Kier alpha value is -0.0400. The molecule has 3 atom stereocenters. The Bertz CT molecular complexity index is 169. The SMILES string of the molecule is CC1CCCCC1NC(C)C(C)(C)C. The molecular weight excluding hydrogens is 170 g/mol. The lowest BCUT2D eigenvalue weighted by atomic mass is 9.82. The summed E-state index contributed by atoms with van der Waals surface area (Å²) in [6.45, 7) is 11.7. The van der Waals surface area contributed by atoms with E-state index < -0.39 is 0 Å². The molecule has 0 aromatic heterocycles. The molecule has 1 aliphatic carbocycles. The van der Waals surface area contributed by atoms with Gasteiger partial charge in [0.15, 0.2) is 0 Å². The van der Waals surface area contributed by atoms with Crippen LogP contribution in [-0.4, -0.2) is 12.1 Å². The number of nitrogens with one attached hydrogen (secondary N) is 1. The van der Waals surface area contributed by atoms with Crippen LogP contribution >= 0.6 is 0 Å². The van der Waals surface area contributed by atoms with Crippen LogP contribution in [0.5, 0.6) is 0 Å². The summed E-state index contributed by atoms with van der Waals surface area (Å²) in [6.07, 6.45) is 5.64. The van der Waals surface area contributed by atoms with Crippen molar-refractivity contribution in [2.75, 3.05) is 0 Å². The Kier molecular flexibility index (Phi) is 4.00. The van der Waals surface area contributed by atoms with Crippen LogP contribution in [0, 0.1) is 11.3 Å². The normalized spacial score (nSPS) is 31.5. The molecular formula is C13H27N. The first-order valence-electron chi connectivity index (χ1n) is 6.17. The molecule has 0 aromatic rings. The molecule has 1 heteroatoms. The highest BCUT2D eigenvalue weighted by Crippen LogP contribution is 2.26. The van der Waals surface area contributed by atoms with Crippen molar-refractivity contribution in [2.45, 2.75) is 72.4 Å². The van der Waals surface area contributed by atoms with Crippen LogP contribution in [0.2, 0.25) is 0 Å². The molecule has 84 valence electrons. The summed E-state index contributed by atoms with van der Waals surface area (Å²) in [5.41, 5.74) is 0.386. The molecule has 1 N–H and O–H groups in total. The highest BCUT2D eigenvalue weighted by molar-refractivity contribution is 4.84. The highest BCUT2D eigenvalue weighted by Gasteiger charge is 2.26. The Balaban J connectivity index is 2.42. The van der Waals surface area contributed by atoms with Crippen molar-refractivity contribution in [3.05, 3.63) is 0 Å². The fourth-order valence-corrected chi connectivity index (χ4v) is 2.13. The van der Waals surface area contributed by atoms with Crippen LogP contribution in [-0.2, 0) is 0 Å². The molecule has 1 nitrogen and oxygen atoms in total. The minimum atomic E-state index is 0.386. The van der Waals surface area contributed by atoms with Gasteiger partial charge >= 0.3 is 0 Å². The molecule has 0 aromatic carbocycles. The first kappa shape index (κ1) is 12.0. The maximum Gasteiger partial charge on any atom is 0.00953 e. The van der Waals surface area contributed by atoms with E-state index >= 15 is 0 Å². The zero-order valence-electron chi connectivity index (χ0n) is 10.6. The maximum atomic E-state index is 3.81. The lowest BCUT2D eigenvalue weighted by molar-refractivity contribution is 0.202. The van der Waals surface area contributed by atoms with Crippen LogP contribution in [0.15, 0.2) is 0 Å². The van der Waals surface area contributed by atoms with E-state index in [1.807, 2.05) is 0 Å². The first-order valence-corrected chi connectivity index (χ1v) is 6.17. The van der Waals surface area contributed by atoms with Crippen molar-refractivity contribution in [1.82, 2.24) is 5.32 Å². The monoisotopic (exact) mass is 197 g/mol. The van der Waals surface area contributed by atoms with Crippen molar-refractivity contribution in [2.24, 2.45) is 11.3 Å². The summed E-state index contributed by atoms with van der Waals surface area (Å²) >= 11 is 0. The summed E-state index contributed by atoms with van der Waals surface area (Å²) in [5.74, 6) is 0.869. The van der Waals surface area contributed by atoms with Gasteiger partial charge in [-0.2, -0.15) is 0 Å². The van der Waals surface area contributed by atoms with E-state index in [1.54, 1.807) is 0 Å². The van der Waals surface area contributed by atoms with Gasteiger partial charge in [0.05, 0.1) is 0 Å². The van der Waals surface area contributed by atoms with Crippen LogP contribution in [0.25, 0.3) is 0 Å². The molecule has 14 heavy (non-hydrogen) atoms. The zero-order chi connectivity index (χ0) is 10.8. The van der Waals surface area contributed by atoms with E-state index in [4.69, 9.17) is 0 Å². The Morgan fingerprint density at radius 3 is 2.21 bits per heavy atom. The van der Waals surface area contributed by atoms with Crippen LogP contribution < -0.4 is 5.32 Å². The summed E-state index contributed by atoms with van der Waals surface area (Å²) in [5, 5.41) is 3.81. The van der Waals surface area contributed by atoms with Crippen molar-refractivity contribution in [3.8, 4) is 0 Å². The van der Waals surface area contributed by atoms with Gasteiger partial charge in [0, 0.05) is 12.1 Å². The highest BCUT2D eigenvalue weighted by atomic mass is 15.0. The van der Waals surface area contributed by atoms with Gasteiger partial charge < -0.3 is 5.32 Å². The van der Waals surface area contributed by atoms with Crippen LogP contribution in [0.3, 0.4) is 0 Å². The van der Waals surface area contributed by atoms with E-state index in [1.165, 1.54) is 25.7 Å². The van der Waals surface area contributed by atoms with E-state index in [2.05, 4.69) is 39.9 Å². The van der Waals surface area contributed by atoms with Gasteiger partial charge in [0.2, 0.25) is 0 Å². The molecule has 0 spiro atoms. The summed E-state index contributed by atoms with van der Waals surface area (Å²) in [6, 6.07) is 1.38. The second-order valence-electron chi connectivity index (χ2n) is 6.12. The minimum absolute atomic E-state index is 0.386. The molecule has 1 fully saturated rings. The molecule has 0 amide bonds. The predicted molar refractivity (Wildman–Crippen MR) is 63.5 cm³/mol. The number of hydrogen-bond donors (Lipinski definition) is 1. The van der Waals surface area contributed by atoms with Gasteiger partial charge in [0.25, 0.3) is 0 Å². The second kappa shape index (κ2) is 4.65. The van der Waals surface area contributed by atoms with Crippen LogP contribution in [0.1, 0.15) is 60.3 Å². The lowest BCUT2D eigenvalue weighted by Gasteiger charge is -2.37. The van der Waals surface area contributed by atoms with E-state index in [-0.39, 0.29) is 0 Å². The van der Waals surface area contributed by atoms with E-state index in [0.29, 0.717) is 11.5 Å². The Labute approximate surface area is 89.7 Å². The van der Waals surface area contributed by atoms with Gasteiger partial charge in [-0.15, -0.1) is 0 Å². The zero-order valence-corrected chi connectivity index (χ0v) is 10.6. The largest absolute Gasteiger partial charge is 0.311 e. The van der Waals surface area contributed by atoms with Gasteiger partial charge in [0.1, 0.15) is 0 Å². The van der Waals surface area contributed by atoms with Gasteiger partial charge in [-0.3, -0.25) is 0 Å². The Morgan fingerprint density at radius 2 is 1.71 bits per heavy atom. The van der Waals surface area contributed by atoms with Gasteiger partial charge in [-0.05, 0) is 31.1 Å². The van der Waals surface area contributed by atoms with Crippen molar-refractivity contribution in [1.29, 1.82) is 0 Å². The predicted octanol–water partition coefficient (Wildman–Crippen LogP) is 3.59. The summed E-state index contributed by atoms with van der Waals surface area (Å²) in [4.78, 5) is 0. The average Bonchev–Trinajstić information content (AvgIpc) is 2.07. The molecule has 3 unspecified atom stereocenters. The molecule has 1 aliphatic rings. The molecule has 0 saturated heterocycles. The second-order valence-corrected chi connectivity index (χ2v) is 6.12. The quantitative estimate of drug-likeness (QED) is 0.713. The lowest BCUT2D eigenvalue weighted by Crippen LogP contribution is -2.47. The molecule has 0 radical (unpaired) electrons. The van der Waals surface area contributed by atoms with Crippen molar-refractivity contribution in [3.63, 3.8) is 0 Å². The topological polar surface area (TPSA) is 12.0 Å². The average molecular weight is 197 g/mol. The third-order valence-electron chi connectivity index (χ3n) is 3.87. The fraction of sp³-hybridized carbons (Fsp3) is 1.00. The van der Waals surface area contributed by atoms with Crippen LogP contribution in [0.4, 0.5) is 0 Å². The third-order valence-corrected chi connectivity index (χ3v) is 3.87. The van der Waals surface area contributed by atoms with E-state index in [0.717, 1.165) is 12.0 Å². The molecule has 0 aliphatic heterocycles. The van der Waals surface area contributed by atoms with Crippen molar-refractivity contribution < 1.29 is 0 Å². The number of hydrogen-bond acceptors (Lipinski definition) is 1. The smallest absolute Gasteiger partial charge is 0.00953 e. The minimum Gasteiger partial charge on any atom is -0.311 e. The maximum absolute atomic E-state index is 3.81. The summed E-state index contributed by atoms with van der Waals surface area (Å²) in [7, 11) is 0. The standard InChI is InChI=1S/C13H27N/c1-10-8-6-7-9-12(10)14-11(2)13(3,4)5/h10-12,14H,6-9H2,1-5H3. The van der Waals surface area contributed by atoms with Gasteiger partial charge in [-0.25, -0.2) is 0 Å². The fourth-order valence-electron chi connectivity index (χ4n) is 2.13. The summed E-state index contributed by atoms with van der Waals surface area (Å²) < 4.78 is 0. The molecule has 0 heterocycles. The third kappa shape index (κ3) is 3.27. The molecule has 1 rings (SSSR count). The first-order chi connectivity index (χ1) is 6.41. The van der Waals surface area contributed by atoms with E-state index in [9.17, 15) is 0 Å². The molecule has 1 saturated carbocycles. The van der Waals surface area contributed by atoms with Gasteiger partial charge in [-0.1, -0.05) is 40.5 Å².